The van der Waals surface area contributed by atoms with Gasteiger partial charge in [-0.15, -0.1) is 0 Å². The van der Waals surface area contributed by atoms with E-state index >= 15 is 0 Å². The highest BCUT2D eigenvalue weighted by Gasteiger charge is 2.12. The second-order valence-electron chi connectivity index (χ2n) is 2.81. The number of hydrogen-bond donors (Lipinski definition) is 2. The predicted octanol–water partition coefficient (Wildman–Crippen LogP) is 0.304. The van der Waals surface area contributed by atoms with E-state index in [0.717, 1.165) is 0 Å². The number of oxime groups is 1. The molecule has 2 aromatic rings. The van der Waals surface area contributed by atoms with Crippen molar-refractivity contribution in [2.75, 3.05) is 0 Å². The summed E-state index contributed by atoms with van der Waals surface area (Å²) in [6.45, 7) is 0. The zero-order valence-electron chi connectivity index (χ0n) is 7.83. The minimum absolute atomic E-state index is 0.0137. The molecule has 0 radical (unpaired) electrons. The van der Waals surface area contributed by atoms with E-state index in [1.807, 2.05) is 0 Å². The monoisotopic (exact) mass is 239 g/mol. The van der Waals surface area contributed by atoms with E-state index < -0.39 is 0 Å². The molecule has 0 spiro atoms. The molecule has 0 unspecified atom stereocenters. The van der Waals surface area contributed by atoms with Crippen LogP contribution in [-0.2, 0) is 0 Å². The van der Waals surface area contributed by atoms with E-state index in [4.69, 9.17) is 16.8 Å². The van der Waals surface area contributed by atoms with Crippen molar-refractivity contribution in [2.45, 2.75) is 0 Å². The average Bonchev–Trinajstić information content (AvgIpc) is 2.78. The quantitative estimate of drug-likeness (QED) is 0.324. The van der Waals surface area contributed by atoms with Gasteiger partial charge in [-0.2, -0.15) is 9.78 Å². The van der Waals surface area contributed by atoms with Gasteiger partial charge in [0.05, 0.1) is 5.02 Å². The fourth-order valence-electron chi connectivity index (χ4n) is 1.15. The van der Waals surface area contributed by atoms with Gasteiger partial charge in [0.15, 0.2) is 0 Å². The molecule has 8 heteroatoms. The lowest BCUT2D eigenvalue weighted by atomic mass is 10.3. The minimum Gasteiger partial charge on any atom is -0.409 e. The van der Waals surface area contributed by atoms with Crippen LogP contribution in [0.3, 0.4) is 0 Å². The molecule has 0 aliphatic rings. The van der Waals surface area contributed by atoms with E-state index in [1.165, 1.54) is 29.5 Å². The van der Waals surface area contributed by atoms with Gasteiger partial charge >= 0.3 is 0 Å². The van der Waals surface area contributed by atoms with Gasteiger partial charge < -0.3 is 10.2 Å². The number of aromatic nitrogens is 4. The van der Waals surface area contributed by atoms with Crippen molar-refractivity contribution in [2.24, 2.45) is 5.16 Å². The van der Waals surface area contributed by atoms with Crippen LogP contribution in [0, 0.1) is 0 Å². The van der Waals surface area contributed by atoms with Gasteiger partial charge in [-0.1, -0.05) is 16.8 Å². The summed E-state index contributed by atoms with van der Waals surface area (Å²) in [7, 11) is 0. The summed E-state index contributed by atoms with van der Waals surface area (Å²) in [5.74, 6) is -0.0137. The van der Waals surface area contributed by atoms with E-state index in [0.29, 0.717) is 0 Å². The zero-order valence-corrected chi connectivity index (χ0v) is 8.59. The topological polar surface area (TPSA) is 96.2 Å². The van der Waals surface area contributed by atoms with Gasteiger partial charge in [-0.25, -0.2) is 4.98 Å². The standard InChI is InChI=1S/C8H6ClN5O2/c9-5-1-2-6(15)12-7(5)8(13-16)14-4-10-3-11-14/h1-4,16H,(H,12,15)/b13-8+. The summed E-state index contributed by atoms with van der Waals surface area (Å²) in [5.41, 5.74) is -0.192. The maximum Gasteiger partial charge on any atom is 0.248 e. The Labute approximate surface area is 94.0 Å². The summed E-state index contributed by atoms with van der Waals surface area (Å²) in [5, 5.41) is 15.9. The second kappa shape index (κ2) is 4.15. The molecule has 0 aromatic carbocycles. The Morgan fingerprint density at radius 1 is 1.56 bits per heavy atom. The Hall–Kier alpha value is -2.15. The van der Waals surface area contributed by atoms with Gasteiger partial charge in [0.2, 0.25) is 11.4 Å². The van der Waals surface area contributed by atoms with E-state index in [9.17, 15) is 4.79 Å². The highest BCUT2D eigenvalue weighted by atomic mass is 35.5. The van der Waals surface area contributed by atoms with Crippen molar-refractivity contribution in [3.05, 3.63) is 45.9 Å². The van der Waals surface area contributed by atoms with Crippen molar-refractivity contribution in [3.63, 3.8) is 0 Å². The van der Waals surface area contributed by atoms with Crippen LogP contribution in [0.2, 0.25) is 5.02 Å². The van der Waals surface area contributed by atoms with Crippen LogP contribution < -0.4 is 5.56 Å². The number of aromatic amines is 1. The van der Waals surface area contributed by atoms with Gasteiger partial charge in [0, 0.05) is 6.07 Å². The molecule has 2 heterocycles. The first kappa shape index (κ1) is 10.4. The molecule has 0 fully saturated rings. The average molecular weight is 240 g/mol. The number of nitrogens with one attached hydrogen (secondary N) is 1. The Bertz CT molecular complexity index is 574. The molecule has 0 atom stereocenters. The Morgan fingerprint density at radius 3 is 3.00 bits per heavy atom. The van der Waals surface area contributed by atoms with Crippen LogP contribution in [0.4, 0.5) is 0 Å². The molecular weight excluding hydrogens is 234 g/mol. The Morgan fingerprint density at radius 2 is 2.38 bits per heavy atom. The highest BCUT2D eigenvalue weighted by Crippen LogP contribution is 2.12. The third-order valence-corrected chi connectivity index (χ3v) is 2.14. The fourth-order valence-corrected chi connectivity index (χ4v) is 1.34. The van der Waals surface area contributed by atoms with Gasteiger partial charge in [0.25, 0.3) is 0 Å². The number of nitrogens with zero attached hydrogens (tertiary/aromatic N) is 4. The lowest BCUT2D eigenvalue weighted by Crippen LogP contribution is -2.20. The molecule has 2 rings (SSSR count). The first-order valence-electron chi connectivity index (χ1n) is 4.18. The summed E-state index contributed by atoms with van der Waals surface area (Å²) in [6, 6.07) is 2.67. The van der Waals surface area contributed by atoms with Crippen molar-refractivity contribution in [3.8, 4) is 0 Å². The molecule has 82 valence electrons. The molecule has 0 aliphatic heterocycles. The van der Waals surface area contributed by atoms with Crippen LogP contribution in [0.25, 0.3) is 0 Å². The maximum atomic E-state index is 11.1. The summed E-state index contributed by atoms with van der Waals surface area (Å²) >= 11 is 5.86. The van der Waals surface area contributed by atoms with Gasteiger partial charge in [-0.05, 0) is 6.07 Å². The van der Waals surface area contributed by atoms with Crippen LogP contribution in [-0.4, -0.2) is 30.8 Å². The lowest BCUT2D eigenvalue weighted by Gasteiger charge is -2.04. The van der Waals surface area contributed by atoms with Crippen molar-refractivity contribution in [1.29, 1.82) is 0 Å². The van der Waals surface area contributed by atoms with Crippen LogP contribution in [0.1, 0.15) is 5.69 Å². The van der Waals surface area contributed by atoms with E-state index in [1.54, 1.807) is 0 Å². The Kier molecular flexibility index (Phi) is 2.69. The van der Waals surface area contributed by atoms with Crippen molar-refractivity contribution < 1.29 is 5.21 Å². The predicted molar refractivity (Wildman–Crippen MR) is 55.8 cm³/mol. The van der Waals surface area contributed by atoms with Crippen LogP contribution in [0.15, 0.2) is 34.7 Å². The number of rotatable bonds is 1. The SMILES string of the molecule is O=c1ccc(Cl)c(/C(=N\O)n2cncn2)[nH]1. The second-order valence-corrected chi connectivity index (χ2v) is 3.22. The minimum atomic E-state index is -0.360. The molecule has 2 aromatic heterocycles. The Balaban J connectivity index is 2.58. The van der Waals surface area contributed by atoms with Gasteiger partial charge in [0.1, 0.15) is 18.3 Å². The largest absolute Gasteiger partial charge is 0.409 e. The molecule has 0 saturated carbocycles. The third kappa shape index (κ3) is 1.80. The molecule has 0 aliphatic carbocycles. The lowest BCUT2D eigenvalue weighted by molar-refractivity contribution is 0.316. The molecule has 0 saturated heterocycles. The number of H-pyrrole nitrogens is 1. The smallest absolute Gasteiger partial charge is 0.248 e. The van der Waals surface area contributed by atoms with E-state index in [-0.39, 0.29) is 22.1 Å². The van der Waals surface area contributed by atoms with Crippen molar-refractivity contribution in [1.82, 2.24) is 19.7 Å². The fraction of sp³-hybridized carbons (Fsp3) is 0. The summed E-state index contributed by atoms with van der Waals surface area (Å²) in [4.78, 5) is 17.3. The molecule has 0 bridgehead atoms. The number of halogens is 1. The molecule has 7 nitrogen and oxygen atoms in total. The molecule has 0 amide bonds. The number of pyridine rings is 1. The molecule has 16 heavy (non-hydrogen) atoms. The summed E-state index contributed by atoms with van der Waals surface area (Å²) < 4.78 is 1.18. The first-order chi connectivity index (χ1) is 7.72. The first-order valence-corrected chi connectivity index (χ1v) is 4.56. The van der Waals surface area contributed by atoms with Crippen LogP contribution >= 0.6 is 11.6 Å². The van der Waals surface area contributed by atoms with E-state index in [2.05, 4.69) is 20.2 Å². The third-order valence-electron chi connectivity index (χ3n) is 1.82. The van der Waals surface area contributed by atoms with Gasteiger partial charge in [-0.3, -0.25) is 4.79 Å². The van der Waals surface area contributed by atoms with Crippen molar-refractivity contribution >= 4 is 17.4 Å². The molecular formula is C8H6ClN5O2. The molecule has 2 N–H and O–H groups in total. The van der Waals surface area contributed by atoms with Crippen LogP contribution in [0.5, 0.6) is 0 Å². The maximum absolute atomic E-state index is 11.1. The summed E-state index contributed by atoms with van der Waals surface area (Å²) in [6.07, 6.45) is 2.58. The normalized spacial score (nSPS) is 11.7. The zero-order chi connectivity index (χ0) is 11.5. The highest BCUT2D eigenvalue weighted by molar-refractivity contribution is 6.33. The number of hydrogen-bond acceptors (Lipinski definition) is 5.